The van der Waals surface area contributed by atoms with Gasteiger partial charge >= 0.3 is 0 Å². The SMILES string of the molecule is COc1ccc(N(C)C)cc1C(C)CC=O. The Morgan fingerprint density at radius 3 is 2.62 bits per heavy atom. The molecule has 0 fully saturated rings. The maximum absolute atomic E-state index is 10.6. The second-order valence-electron chi connectivity index (χ2n) is 4.12. The van der Waals surface area contributed by atoms with Crippen molar-refractivity contribution >= 4 is 12.0 Å². The van der Waals surface area contributed by atoms with E-state index in [0.717, 1.165) is 23.3 Å². The lowest BCUT2D eigenvalue weighted by molar-refractivity contribution is -0.108. The van der Waals surface area contributed by atoms with Crippen molar-refractivity contribution in [2.45, 2.75) is 19.3 Å². The number of carbonyl (C=O) groups is 1. The largest absolute Gasteiger partial charge is 0.496 e. The van der Waals surface area contributed by atoms with Crippen molar-refractivity contribution in [2.75, 3.05) is 26.1 Å². The molecular weight excluding hydrogens is 202 g/mol. The molecule has 1 unspecified atom stereocenters. The Kier molecular flexibility index (Phi) is 4.35. The van der Waals surface area contributed by atoms with Gasteiger partial charge in [-0.15, -0.1) is 0 Å². The average molecular weight is 221 g/mol. The zero-order chi connectivity index (χ0) is 12.1. The molecule has 3 heteroatoms. The molecule has 0 aliphatic carbocycles. The number of rotatable bonds is 5. The highest BCUT2D eigenvalue weighted by Crippen LogP contribution is 2.31. The standard InChI is InChI=1S/C13H19NO2/c1-10(7-8-15)12-9-11(14(2)3)5-6-13(12)16-4/h5-6,8-10H,7H2,1-4H3. The van der Waals surface area contributed by atoms with Gasteiger partial charge in [0, 0.05) is 26.2 Å². The number of methoxy groups -OCH3 is 1. The van der Waals surface area contributed by atoms with Crippen molar-refractivity contribution in [2.24, 2.45) is 0 Å². The van der Waals surface area contributed by atoms with E-state index in [4.69, 9.17) is 4.74 Å². The Bertz CT molecular complexity index is 361. The summed E-state index contributed by atoms with van der Waals surface area (Å²) in [7, 11) is 5.65. The summed E-state index contributed by atoms with van der Waals surface area (Å²) < 4.78 is 5.31. The van der Waals surface area contributed by atoms with Gasteiger partial charge in [0.15, 0.2) is 0 Å². The molecule has 0 aliphatic rings. The summed E-state index contributed by atoms with van der Waals surface area (Å²) >= 11 is 0. The quantitative estimate of drug-likeness (QED) is 0.715. The molecule has 88 valence electrons. The Morgan fingerprint density at radius 2 is 2.12 bits per heavy atom. The zero-order valence-corrected chi connectivity index (χ0v) is 10.4. The molecule has 1 atom stereocenters. The first-order valence-electron chi connectivity index (χ1n) is 5.39. The van der Waals surface area contributed by atoms with Crippen LogP contribution < -0.4 is 9.64 Å². The van der Waals surface area contributed by atoms with Crippen LogP contribution in [-0.4, -0.2) is 27.5 Å². The molecule has 1 rings (SSSR count). The highest BCUT2D eigenvalue weighted by molar-refractivity contribution is 5.57. The molecule has 1 aromatic rings. The van der Waals surface area contributed by atoms with Gasteiger partial charge in [-0.2, -0.15) is 0 Å². The molecule has 3 nitrogen and oxygen atoms in total. The topological polar surface area (TPSA) is 29.5 Å². The lowest BCUT2D eigenvalue weighted by Crippen LogP contribution is -2.09. The van der Waals surface area contributed by atoms with E-state index < -0.39 is 0 Å². The fourth-order valence-corrected chi connectivity index (χ4v) is 1.66. The first-order valence-corrected chi connectivity index (χ1v) is 5.39. The van der Waals surface area contributed by atoms with E-state index in [1.165, 1.54) is 0 Å². The summed E-state index contributed by atoms with van der Waals surface area (Å²) in [5.74, 6) is 1.03. The van der Waals surface area contributed by atoms with E-state index in [-0.39, 0.29) is 5.92 Å². The van der Waals surface area contributed by atoms with E-state index in [2.05, 4.69) is 6.07 Å². The normalized spacial score (nSPS) is 12.0. The molecule has 0 N–H and O–H groups in total. The molecule has 0 spiro atoms. The van der Waals surface area contributed by atoms with E-state index in [1.54, 1.807) is 7.11 Å². The van der Waals surface area contributed by atoms with Crippen LogP contribution in [0.2, 0.25) is 0 Å². The number of hydrogen-bond donors (Lipinski definition) is 0. The van der Waals surface area contributed by atoms with Crippen LogP contribution in [0, 0.1) is 0 Å². The van der Waals surface area contributed by atoms with Gasteiger partial charge in [0.2, 0.25) is 0 Å². The third-order valence-electron chi connectivity index (χ3n) is 2.71. The maximum atomic E-state index is 10.6. The Labute approximate surface area is 97.0 Å². The van der Waals surface area contributed by atoms with Gasteiger partial charge in [0.1, 0.15) is 12.0 Å². The van der Waals surface area contributed by atoms with Crippen molar-refractivity contribution < 1.29 is 9.53 Å². The average Bonchev–Trinajstić information content (AvgIpc) is 2.28. The molecule has 16 heavy (non-hydrogen) atoms. The van der Waals surface area contributed by atoms with Crippen LogP contribution in [0.3, 0.4) is 0 Å². The lowest BCUT2D eigenvalue weighted by atomic mass is 9.97. The Balaban J connectivity index is 3.10. The predicted octanol–water partition coefficient (Wildman–Crippen LogP) is 2.45. The van der Waals surface area contributed by atoms with Crippen LogP contribution in [0.15, 0.2) is 18.2 Å². The molecule has 0 heterocycles. The second-order valence-corrected chi connectivity index (χ2v) is 4.12. The van der Waals surface area contributed by atoms with Gasteiger partial charge < -0.3 is 14.4 Å². The van der Waals surface area contributed by atoms with E-state index >= 15 is 0 Å². The van der Waals surface area contributed by atoms with Crippen LogP contribution in [0.25, 0.3) is 0 Å². The summed E-state index contributed by atoms with van der Waals surface area (Å²) in [5, 5.41) is 0. The molecule has 0 saturated carbocycles. The molecule has 0 aliphatic heterocycles. The van der Waals surface area contributed by atoms with Gasteiger partial charge in [-0.3, -0.25) is 0 Å². The van der Waals surface area contributed by atoms with Crippen molar-refractivity contribution in [1.29, 1.82) is 0 Å². The zero-order valence-electron chi connectivity index (χ0n) is 10.4. The molecule has 0 aromatic heterocycles. The predicted molar refractivity (Wildman–Crippen MR) is 66.4 cm³/mol. The van der Waals surface area contributed by atoms with Crippen molar-refractivity contribution in [3.63, 3.8) is 0 Å². The third-order valence-corrected chi connectivity index (χ3v) is 2.71. The van der Waals surface area contributed by atoms with E-state index in [1.807, 2.05) is 38.1 Å². The van der Waals surface area contributed by atoms with E-state index in [9.17, 15) is 4.79 Å². The Morgan fingerprint density at radius 1 is 1.44 bits per heavy atom. The summed E-state index contributed by atoms with van der Waals surface area (Å²) in [4.78, 5) is 12.6. The van der Waals surface area contributed by atoms with Crippen LogP contribution in [0.1, 0.15) is 24.8 Å². The number of benzene rings is 1. The molecule has 0 bridgehead atoms. The maximum Gasteiger partial charge on any atom is 0.122 e. The highest BCUT2D eigenvalue weighted by atomic mass is 16.5. The monoisotopic (exact) mass is 221 g/mol. The minimum Gasteiger partial charge on any atom is -0.496 e. The summed E-state index contributed by atoms with van der Waals surface area (Å²) in [6.45, 7) is 2.03. The van der Waals surface area contributed by atoms with Gasteiger partial charge in [-0.25, -0.2) is 0 Å². The second kappa shape index (κ2) is 5.54. The van der Waals surface area contributed by atoms with Crippen molar-refractivity contribution in [1.82, 2.24) is 0 Å². The first-order chi connectivity index (χ1) is 7.60. The van der Waals surface area contributed by atoms with Gasteiger partial charge in [-0.1, -0.05) is 6.92 Å². The first kappa shape index (κ1) is 12.6. The molecular formula is C13H19NO2. The number of nitrogens with zero attached hydrogens (tertiary/aromatic N) is 1. The number of aldehydes is 1. The lowest BCUT2D eigenvalue weighted by Gasteiger charge is -2.18. The molecule has 0 saturated heterocycles. The van der Waals surface area contributed by atoms with Gasteiger partial charge in [-0.05, 0) is 29.7 Å². The van der Waals surface area contributed by atoms with Gasteiger partial charge in [0.05, 0.1) is 7.11 Å². The van der Waals surface area contributed by atoms with Crippen LogP contribution in [-0.2, 0) is 4.79 Å². The van der Waals surface area contributed by atoms with Crippen LogP contribution >= 0.6 is 0 Å². The van der Waals surface area contributed by atoms with E-state index in [0.29, 0.717) is 6.42 Å². The van der Waals surface area contributed by atoms with Crippen LogP contribution in [0.5, 0.6) is 5.75 Å². The fraction of sp³-hybridized carbons (Fsp3) is 0.462. The van der Waals surface area contributed by atoms with Crippen molar-refractivity contribution in [3.05, 3.63) is 23.8 Å². The highest BCUT2D eigenvalue weighted by Gasteiger charge is 2.12. The summed E-state index contributed by atoms with van der Waals surface area (Å²) in [6.07, 6.45) is 1.47. The number of ether oxygens (including phenoxy) is 1. The fourth-order valence-electron chi connectivity index (χ4n) is 1.66. The minimum absolute atomic E-state index is 0.187. The molecule has 1 aromatic carbocycles. The smallest absolute Gasteiger partial charge is 0.122 e. The molecule has 0 radical (unpaired) electrons. The Hall–Kier alpha value is -1.51. The third kappa shape index (κ3) is 2.75. The summed E-state index contributed by atoms with van der Waals surface area (Å²) in [5.41, 5.74) is 2.20. The number of carbonyl (C=O) groups excluding carboxylic acids is 1. The molecule has 0 amide bonds. The number of anilines is 1. The summed E-state index contributed by atoms with van der Waals surface area (Å²) in [6, 6.07) is 6.04. The van der Waals surface area contributed by atoms with Crippen LogP contribution in [0.4, 0.5) is 5.69 Å². The van der Waals surface area contributed by atoms with Gasteiger partial charge in [0.25, 0.3) is 0 Å². The minimum atomic E-state index is 0.187. The van der Waals surface area contributed by atoms with Crippen molar-refractivity contribution in [3.8, 4) is 5.75 Å². The number of hydrogen-bond acceptors (Lipinski definition) is 3.